The number of fused-ring (bicyclic) bond motifs is 1. The Kier molecular flexibility index (Phi) is 5.18. The van der Waals surface area contributed by atoms with Crippen LogP contribution in [0, 0.1) is 0 Å². The average Bonchev–Trinajstić information content (AvgIpc) is 3.03. The Labute approximate surface area is 159 Å². The molecule has 140 valence electrons. The number of thiophene rings is 1. The van der Waals surface area contributed by atoms with Gasteiger partial charge in [-0.05, 0) is 25.1 Å². The standard InChI is InChI=1S/C19H18N2O5S/c1-4-25-13-7-5-6-12(8-13)20-19(24)21(3)17-10-15-16(27-17)9-14(11(2)22)18(23)26-15/h5-10,22H,2,4H2,1,3H3,(H,20,24). The number of carbonyl (C=O) groups excluding carboxylic acids is 1. The number of benzene rings is 1. The number of urea groups is 1. The summed E-state index contributed by atoms with van der Waals surface area (Å²) in [6.45, 7) is 5.77. The Balaban J connectivity index is 1.83. The molecule has 0 aliphatic carbocycles. The van der Waals surface area contributed by atoms with Crippen LogP contribution in [0.1, 0.15) is 12.5 Å². The molecule has 0 aliphatic rings. The maximum Gasteiger partial charge on any atom is 0.347 e. The van der Waals surface area contributed by atoms with E-state index in [1.807, 2.05) is 13.0 Å². The fourth-order valence-electron chi connectivity index (χ4n) is 2.41. The molecule has 7 nitrogen and oxygen atoms in total. The van der Waals surface area contributed by atoms with E-state index in [2.05, 4.69) is 11.9 Å². The van der Waals surface area contributed by atoms with Crippen molar-refractivity contribution in [3.05, 3.63) is 59.0 Å². The van der Waals surface area contributed by atoms with Crippen LogP contribution in [0.3, 0.4) is 0 Å². The van der Waals surface area contributed by atoms with Crippen molar-refractivity contribution in [3.63, 3.8) is 0 Å². The molecule has 0 spiro atoms. The van der Waals surface area contributed by atoms with Gasteiger partial charge in [0.25, 0.3) is 0 Å². The number of anilines is 2. The van der Waals surface area contributed by atoms with E-state index in [0.717, 1.165) is 0 Å². The molecular formula is C19H18N2O5S. The molecular weight excluding hydrogens is 368 g/mol. The largest absolute Gasteiger partial charge is 0.508 e. The number of hydrogen-bond donors (Lipinski definition) is 2. The van der Waals surface area contributed by atoms with Crippen molar-refractivity contribution in [2.45, 2.75) is 6.92 Å². The molecule has 0 atom stereocenters. The fraction of sp³-hybridized carbons (Fsp3) is 0.158. The van der Waals surface area contributed by atoms with Gasteiger partial charge in [-0.25, -0.2) is 9.59 Å². The predicted molar refractivity (Wildman–Crippen MR) is 107 cm³/mol. The first-order valence-electron chi connectivity index (χ1n) is 8.12. The van der Waals surface area contributed by atoms with Gasteiger partial charge in [-0.1, -0.05) is 12.6 Å². The van der Waals surface area contributed by atoms with Gasteiger partial charge < -0.3 is 19.6 Å². The SMILES string of the molecule is C=C(O)c1cc2sc(N(C)C(=O)Nc3cccc(OCC)c3)cc2oc1=O. The van der Waals surface area contributed by atoms with E-state index in [9.17, 15) is 14.7 Å². The summed E-state index contributed by atoms with van der Waals surface area (Å²) in [6.07, 6.45) is 0. The average molecular weight is 386 g/mol. The lowest BCUT2D eigenvalue weighted by Crippen LogP contribution is -2.30. The van der Waals surface area contributed by atoms with Crippen molar-refractivity contribution in [3.8, 4) is 5.75 Å². The molecule has 3 aromatic rings. The van der Waals surface area contributed by atoms with Crippen LogP contribution >= 0.6 is 11.3 Å². The smallest absolute Gasteiger partial charge is 0.347 e. The van der Waals surface area contributed by atoms with Gasteiger partial charge in [-0.15, -0.1) is 11.3 Å². The van der Waals surface area contributed by atoms with E-state index >= 15 is 0 Å². The number of aliphatic hydroxyl groups excluding tert-OH is 1. The number of rotatable bonds is 5. The number of amides is 2. The summed E-state index contributed by atoms with van der Waals surface area (Å²) < 4.78 is 11.2. The summed E-state index contributed by atoms with van der Waals surface area (Å²) in [5, 5.41) is 12.8. The summed E-state index contributed by atoms with van der Waals surface area (Å²) in [6, 6.07) is 9.83. The number of nitrogens with zero attached hydrogens (tertiary/aromatic N) is 1. The fourth-order valence-corrected chi connectivity index (χ4v) is 3.39. The van der Waals surface area contributed by atoms with Crippen LogP contribution in [0.5, 0.6) is 5.75 Å². The molecule has 27 heavy (non-hydrogen) atoms. The molecule has 0 fully saturated rings. The first-order chi connectivity index (χ1) is 12.9. The Hall–Kier alpha value is -3.26. The highest BCUT2D eigenvalue weighted by atomic mass is 32.1. The molecule has 2 amide bonds. The molecule has 0 radical (unpaired) electrons. The summed E-state index contributed by atoms with van der Waals surface area (Å²) in [4.78, 5) is 25.8. The normalized spacial score (nSPS) is 10.6. The van der Waals surface area contributed by atoms with E-state index in [4.69, 9.17) is 9.15 Å². The topological polar surface area (TPSA) is 92.0 Å². The second-order valence-electron chi connectivity index (χ2n) is 5.66. The molecule has 0 unspecified atom stereocenters. The minimum absolute atomic E-state index is 0.00394. The lowest BCUT2D eigenvalue weighted by molar-refractivity contribution is 0.258. The van der Waals surface area contributed by atoms with Crippen LogP contribution in [0.15, 0.2) is 52.2 Å². The van der Waals surface area contributed by atoms with Crippen LogP contribution in [0.4, 0.5) is 15.5 Å². The summed E-state index contributed by atoms with van der Waals surface area (Å²) >= 11 is 1.25. The van der Waals surface area contributed by atoms with E-state index in [-0.39, 0.29) is 17.4 Å². The molecule has 0 saturated heterocycles. The maximum absolute atomic E-state index is 12.5. The van der Waals surface area contributed by atoms with Crippen molar-refractivity contribution in [2.75, 3.05) is 23.9 Å². The third kappa shape index (κ3) is 3.95. The van der Waals surface area contributed by atoms with Gasteiger partial charge in [0.2, 0.25) is 0 Å². The lowest BCUT2D eigenvalue weighted by atomic mass is 10.2. The van der Waals surface area contributed by atoms with E-state index in [1.165, 1.54) is 22.3 Å². The first-order valence-corrected chi connectivity index (χ1v) is 8.94. The molecule has 2 N–H and O–H groups in total. The molecule has 1 aromatic carbocycles. The van der Waals surface area contributed by atoms with Crippen LogP contribution in [0.25, 0.3) is 16.0 Å². The van der Waals surface area contributed by atoms with Crippen LogP contribution in [-0.4, -0.2) is 24.8 Å². The van der Waals surface area contributed by atoms with Gasteiger partial charge in [0.05, 0.1) is 11.3 Å². The third-order valence-electron chi connectivity index (χ3n) is 3.75. The van der Waals surface area contributed by atoms with Crippen molar-refractivity contribution in [2.24, 2.45) is 0 Å². The molecule has 2 heterocycles. The zero-order chi connectivity index (χ0) is 19.6. The number of ether oxygens (including phenoxy) is 1. The minimum Gasteiger partial charge on any atom is -0.508 e. The zero-order valence-electron chi connectivity index (χ0n) is 14.8. The Morgan fingerprint density at radius 1 is 1.37 bits per heavy atom. The number of hydrogen-bond acceptors (Lipinski definition) is 6. The Morgan fingerprint density at radius 3 is 2.85 bits per heavy atom. The maximum atomic E-state index is 12.5. The summed E-state index contributed by atoms with van der Waals surface area (Å²) in [5.41, 5.74) is 0.252. The van der Waals surface area contributed by atoms with Crippen molar-refractivity contribution in [1.29, 1.82) is 0 Å². The summed E-state index contributed by atoms with van der Waals surface area (Å²) in [5.74, 6) is 0.305. The van der Waals surface area contributed by atoms with Gasteiger partial charge in [0.15, 0.2) is 5.58 Å². The van der Waals surface area contributed by atoms with E-state index in [1.54, 1.807) is 31.3 Å². The highest BCUT2D eigenvalue weighted by Crippen LogP contribution is 2.32. The Morgan fingerprint density at radius 2 is 2.15 bits per heavy atom. The number of aliphatic hydroxyl groups is 1. The first kappa shape index (κ1) is 18.5. The molecule has 0 bridgehead atoms. The van der Waals surface area contributed by atoms with Crippen molar-refractivity contribution in [1.82, 2.24) is 0 Å². The predicted octanol–water partition coefficient (Wildman–Crippen LogP) is 4.45. The number of carbonyl (C=O) groups is 1. The van der Waals surface area contributed by atoms with E-state index < -0.39 is 5.63 Å². The van der Waals surface area contributed by atoms with Crippen molar-refractivity contribution >= 4 is 44.1 Å². The highest BCUT2D eigenvalue weighted by Gasteiger charge is 2.17. The molecule has 2 aromatic heterocycles. The van der Waals surface area contributed by atoms with Gasteiger partial charge in [-0.2, -0.15) is 0 Å². The van der Waals surface area contributed by atoms with Crippen LogP contribution < -0.4 is 20.6 Å². The summed E-state index contributed by atoms with van der Waals surface area (Å²) in [7, 11) is 1.61. The van der Waals surface area contributed by atoms with E-state index in [0.29, 0.717) is 33.3 Å². The second-order valence-corrected chi connectivity index (χ2v) is 6.72. The Bertz CT molecular complexity index is 1070. The molecule has 0 saturated carbocycles. The number of nitrogens with one attached hydrogen (secondary N) is 1. The molecule has 0 aliphatic heterocycles. The monoisotopic (exact) mass is 386 g/mol. The quantitative estimate of drug-likeness (QED) is 0.632. The van der Waals surface area contributed by atoms with Gasteiger partial charge in [0, 0.05) is 24.9 Å². The third-order valence-corrected chi connectivity index (χ3v) is 4.89. The minimum atomic E-state index is -0.681. The second kappa shape index (κ2) is 7.55. The molecule has 3 rings (SSSR count). The van der Waals surface area contributed by atoms with Gasteiger partial charge in [0.1, 0.15) is 22.1 Å². The lowest BCUT2D eigenvalue weighted by Gasteiger charge is -2.16. The van der Waals surface area contributed by atoms with Gasteiger partial charge in [-0.3, -0.25) is 4.90 Å². The van der Waals surface area contributed by atoms with Crippen LogP contribution in [-0.2, 0) is 0 Å². The molecule has 8 heteroatoms. The van der Waals surface area contributed by atoms with Crippen molar-refractivity contribution < 1.29 is 19.1 Å². The highest BCUT2D eigenvalue weighted by molar-refractivity contribution is 7.22. The van der Waals surface area contributed by atoms with Crippen LogP contribution in [0.2, 0.25) is 0 Å². The zero-order valence-corrected chi connectivity index (χ0v) is 15.6. The van der Waals surface area contributed by atoms with Gasteiger partial charge >= 0.3 is 11.7 Å².